The van der Waals surface area contributed by atoms with Gasteiger partial charge in [-0.1, -0.05) is 0 Å². The lowest BCUT2D eigenvalue weighted by atomic mass is 10.2. The summed E-state index contributed by atoms with van der Waals surface area (Å²) < 4.78 is 80.3. The van der Waals surface area contributed by atoms with Crippen LogP contribution in [0.1, 0.15) is 0 Å². The molecule has 11 heteroatoms. The zero-order valence-corrected chi connectivity index (χ0v) is 7.93. The highest BCUT2D eigenvalue weighted by Crippen LogP contribution is 2.51. The maximum atomic E-state index is 12.3. The Labute approximate surface area is 93.6 Å². The topological polar surface area (TPSA) is 72.8 Å². The molecule has 0 spiro atoms. The van der Waals surface area contributed by atoms with Gasteiger partial charge in [-0.2, -0.15) is 26.3 Å². The van der Waals surface area contributed by atoms with Crippen molar-refractivity contribution in [2.75, 3.05) is 0 Å². The van der Waals surface area contributed by atoms with Crippen LogP contribution in [0.3, 0.4) is 0 Å². The largest absolute Gasteiger partial charge is 0.478 e. The number of aliphatic carboxylic acids is 1. The summed E-state index contributed by atoms with van der Waals surface area (Å²) in [5.41, 5.74) is 0. The highest BCUT2D eigenvalue weighted by molar-refractivity contribution is 5.95. The van der Waals surface area contributed by atoms with E-state index in [4.69, 9.17) is 5.11 Å². The van der Waals surface area contributed by atoms with Crippen molar-refractivity contribution in [2.45, 2.75) is 18.1 Å². The lowest BCUT2D eigenvalue weighted by Crippen LogP contribution is -2.57. The Morgan fingerprint density at radius 1 is 1.11 bits per heavy atom. The molecule has 5 nitrogen and oxygen atoms in total. The summed E-state index contributed by atoms with van der Waals surface area (Å²) >= 11 is 0. The zero-order chi connectivity index (χ0) is 14.4. The van der Waals surface area contributed by atoms with Gasteiger partial charge in [-0.15, -0.1) is 0 Å². The molecule has 1 N–H and O–H groups in total. The van der Waals surface area contributed by atoms with Crippen molar-refractivity contribution in [3.63, 3.8) is 0 Å². The molecule has 18 heavy (non-hydrogen) atoms. The number of alkyl halides is 6. The number of cyclic esters (lactones) is 1. The fourth-order valence-electron chi connectivity index (χ4n) is 0.991. The molecule has 0 unspecified atom stereocenters. The summed E-state index contributed by atoms with van der Waals surface area (Å²) in [4.78, 5) is 20.8. The second-order valence-corrected chi connectivity index (χ2v) is 2.95. The molecule has 1 fully saturated rings. The predicted molar refractivity (Wildman–Crippen MR) is 37.7 cm³/mol. The first-order valence-corrected chi connectivity index (χ1v) is 3.91. The van der Waals surface area contributed by atoms with Crippen LogP contribution in [0.5, 0.6) is 0 Å². The molecule has 0 amide bonds. The van der Waals surface area contributed by atoms with Crippen molar-refractivity contribution in [1.29, 1.82) is 0 Å². The molecule has 0 bridgehead atoms. The number of rotatable bonds is 1. The van der Waals surface area contributed by atoms with Crippen LogP contribution in [0.15, 0.2) is 11.8 Å². The number of carboxylic acid groups (broad SMARTS) is 1. The van der Waals surface area contributed by atoms with Gasteiger partial charge >= 0.3 is 30.1 Å². The van der Waals surface area contributed by atoms with Gasteiger partial charge in [0, 0.05) is 0 Å². The van der Waals surface area contributed by atoms with Crippen molar-refractivity contribution in [3.8, 4) is 0 Å². The van der Waals surface area contributed by atoms with Gasteiger partial charge in [-0.25, -0.2) is 9.59 Å². The fraction of sp³-hybridized carbons (Fsp3) is 0.429. The Hall–Kier alpha value is -1.94. The van der Waals surface area contributed by atoms with Gasteiger partial charge in [0.15, 0.2) is 0 Å². The third-order valence-corrected chi connectivity index (χ3v) is 1.69. The number of esters is 1. The van der Waals surface area contributed by atoms with Crippen molar-refractivity contribution in [2.24, 2.45) is 0 Å². The van der Waals surface area contributed by atoms with Crippen LogP contribution >= 0.6 is 0 Å². The number of hydrogen-bond acceptors (Lipinski definition) is 4. The number of carboxylic acids is 1. The first kappa shape index (κ1) is 14.1. The summed E-state index contributed by atoms with van der Waals surface area (Å²) in [5.74, 6) is -11.0. The summed E-state index contributed by atoms with van der Waals surface area (Å²) in [5, 5.41) is 8.14. The molecular formula is C7H2F6O5. The van der Waals surface area contributed by atoms with Gasteiger partial charge in [-0.05, 0) is 0 Å². The molecule has 1 heterocycles. The molecule has 0 saturated carbocycles. The average molecular weight is 280 g/mol. The van der Waals surface area contributed by atoms with Gasteiger partial charge in [0.1, 0.15) is 0 Å². The molecular weight excluding hydrogens is 278 g/mol. The lowest BCUT2D eigenvalue weighted by Gasteiger charge is -2.29. The number of halogens is 6. The van der Waals surface area contributed by atoms with Crippen molar-refractivity contribution >= 4 is 11.9 Å². The van der Waals surface area contributed by atoms with Gasteiger partial charge in [0.2, 0.25) is 5.76 Å². The number of ether oxygens (including phenoxy) is 2. The molecule has 102 valence electrons. The maximum Gasteiger partial charge on any atom is 0.478 e. The second kappa shape index (κ2) is 3.78. The molecule has 0 aromatic heterocycles. The van der Waals surface area contributed by atoms with E-state index in [0.29, 0.717) is 0 Å². The molecule has 0 radical (unpaired) electrons. The maximum absolute atomic E-state index is 12.3. The van der Waals surface area contributed by atoms with Crippen LogP contribution in [0, 0.1) is 0 Å². The van der Waals surface area contributed by atoms with E-state index in [-0.39, 0.29) is 6.08 Å². The molecule has 1 saturated heterocycles. The van der Waals surface area contributed by atoms with Crippen molar-refractivity contribution in [3.05, 3.63) is 11.8 Å². The van der Waals surface area contributed by atoms with E-state index in [1.54, 1.807) is 0 Å². The third kappa shape index (κ3) is 2.07. The zero-order valence-electron chi connectivity index (χ0n) is 7.93. The van der Waals surface area contributed by atoms with E-state index >= 15 is 0 Å². The number of hydrogen-bond donors (Lipinski definition) is 1. The number of carbonyl (C=O) groups is 2. The van der Waals surface area contributed by atoms with Crippen LogP contribution in [0.2, 0.25) is 0 Å². The molecule has 1 aliphatic rings. The van der Waals surface area contributed by atoms with Crippen LogP contribution < -0.4 is 0 Å². The van der Waals surface area contributed by atoms with Crippen LogP contribution in [-0.2, 0) is 19.1 Å². The van der Waals surface area contributed by atoms with Gasteiger partial charge in [-0.3, -0.25) is 0 Å². The van der Waals surface area contributed by atoms with E-state index in [1.165, 1.54) is 0 Å². The van der Waals surface area contributed by atoms with Crippen molar-refractivity contribution < 1.29 is 50.5 Å². The Kier molecular flexibility index (Phi) is 2.97. The second-order valence-electron chi connectivity index (χ2n) is 2.95. The Bertz CT molecular complexity index is 405. The smallest absolute Gasteiger partial charge is 0.478 e. The van der Waals surface area contributed by atoms with E-state index in [9.17, 15) is 35.9 Å². The van der Waals surface area contributed by atoms with Gasteiger partial charge in [0.05, 0.1) is 6.08 Å². The summed E-state index contributed by atoms with van der Waals surface area (Å²) in [6, 6.07) is 0. The van der Waals surface area contributed by atoms with Crippen LogP contribution in [0.25, 0.3) is 0 Å². The molecule has 0 atom stereocenters. The standard InChI is InChI=1S/C7H2F6O5/c8-6(9,10)5(7(11,12)13)17-2(1-3(14)15)4(16)18-5/h1H,(H,14,15)/b2-1-. The molecule has 0 aromatic rings. The van der Waals surface area contributed by atoms with Crippen molar-refractivity contribution in [1.82, 2.24) is 0 Å². The van der Waals surface area contributed by atoms with E-state index in [2.05, 4.69) is 9.47 Å². The minimum Gasteiger partial charge on any atom is -0.478 e. The highest BCUT2D eigenvalue weighted by atomic mass is 19.4. The van der Waals surface area contributed by atoms with Gasteiger partial charge in [0.25, 0.3) is 0 Å². The fourth-order valence-corrected chi connectivity index (χ4v) is 0.991. The molecule has 0 aromatic carbocycles. The quantitative estimate of drug-likeness (QED) is 0.446. The van der Waals surface area contributed by atoms with Gasteiger partial charge < -0.3 is 14.6 Å². The van der Waals surface area contributed by atoms with Crippen LogP contribution in [-0.4, -0.2) is 35.2 Å². The van der Waals surface area contributed by atoms with E-state index in [0.717, 1.165) is 0 Å². The Balaban J connectivity index is 3.29. The Morgan fingerprint density at radius 3 is 1.83 bits per heavy atom. The SMILES string of the molecule is O=C(O)/C=C1\OC(C(F)(F)F)(C(F)(F)F)OC1=O. The summed E-state index contributed by atoms with van der Waals surface area (Å²) in [6.07, 6.45) is -12.5. The summed E-state index contributed by atoms with van der Waals surface area (Å²) in [6.45, 7) is 0. The van der Waals surface area contributed by atoms with E-state index in [1.807, 2.05) is 0 Å². The normalized spacial score (nSPS) is 21.7. The molecule has 1 rings (SSSR count). The minimum absolute atomic E-state index is 0.262. The monoisotopic (exact) mass is 280 g/mol. The molecule has 1 aliphatic heterocycles. The lowest BCUT2D eigenvalue weighted by molar-refractivity contribution is -0.431. The average Bonchev–Trinajstić information content (AvgIpc) is 2.41. The highest BCUT2D eigenvalue weighted by Gasteiger charge is 2.81. The predicted octanol–water partition coefficient (Wildman–Crippen LogP) is 1.35. The number of carbonyl (C=O) groups excluding carboxylic acids is 1. The Morgan fingerprint density at radius 2 is 1.56 bits per heavy atom. The first-order valence-electron chi connectivity index (χ1n) is 3.91. The van der Waals surface area contributed by atoms with Crippen LogP contribution in [0.4, 0.5) is 26.3 Å². The third-order valence-electron chi connectivity index (χ3n) is 1.69. The first-order chi connectivity index (χ1) is 7.91. The summed E-state index contributed by atoms with van der Waals surface area (Å²) in [7, 11) is 0. The molecule has 0 aliphatic carbocycles. The van der Waals surface area contributed by atoms with E-state index < -0.39 is 35.8 Å². The minimum atomic E-state index is -6.12.